The average molecular weight is 213 g/mol. The minimum Gasteiger partial charge on any atom is -0.338 e. The van der Waals surface area contributed by atoms with Crippen LogP contribution in [0.3, 0.4) is 0 Å². The first-order chi connectivity index (χ1) is 7.00. The van der Waals surface area contributed by atoms with E-state index in [9.17, 15) is 4.79 Å². The van der Waals surface area contributed by atoms with E-state index in [4.69, 9.17) is 0 Å². The van der Waals surface area contributed by atoms with Crippen molar-refractivity contribution in [1.29, 1.82) is 0 Å². The molecule has 4 heteroatoms. The third-order valence-corrected chi connectivity index (χ3v) is 3.00. The Morgan fingerprint density at radius 1 is 1.53 bits per heavy atom. The summed E-state index contributed by atoms with van der Waals surface area (Å²) in [5.74, 6) is 0.622. The van der Waals surface area contributed by atoms with E-state index in [1.165, 1.54) is 13.0 Å². The molecule has 0 saturated carbocycles. The minimum atomic E-state index is 0.0120. The monoisotopic (exact) mass is 213 g/mol. The number of carbonyl (C=O) groups is 1. The van der Waals surface area contributed by atoms with E-state index in [-0.39, 0.29) is 6.03 Å². The maximum absolute atomic E-state index is 11.3. The van der Waals surface area contributed by atoms with Crippen molar-refractivity contribution in [3.05, 3.63) is 0 Å². The Morgan fingerprint density at radius 2 is 2.20 bits per heavy atom. The molecule has 0 aromatic carbocycles. The number of urea groups is 1. The van der Waals surface area contributed by atoms with E-state index in [1.807, 2.05) is 0 Å². The summed E-state index contributed by atoms with van der Waals surface area (Å²) >= 11 is 0. The summed E-state index contributed by atoms with van der Waals surface area (Å²) in [5.41, 5.74) is 0. The highest BCUT2D eigenvalue weighted by atomic mass is 16.2. The summed E-state index contributed by atoms with van der Waals surface area (Å²) in [6.07, 6.45) is 1.20. The van der Waals surface area contributed by atoms with E-state index in [1.54, 1.807) is 19.0 Å². The number of nitrogens with zero attached hydrogens (tertiary/aromatic N) is 2. The van der Waals surface area contributed by atoms with Crippen LogP contribution in [0.2, 0.25) is 0 Å². The number of amides is 2. The van der Waals surface area contributed by atoms with Crippen LogP contribution in [0.4, 0.5) is 4.79 Å². The number of nitrogens with one attached hydrogen (secondary N) is 1. The third-order valence-electron chi connectivity index (χ3n) is 3.00. The number of hydrogen-bond donors (Lipinski definition) is 1. The number of hydrogen-bond acceptors (Lipinski definition) is 2. The fraction of sp³-hybridized carbons (Fsp3) is 0.909. The maximum Gasteiger partial charge on any atom is 0.316 e. The second-order valence-electron chi connectivity index (χ2n) is 4.82. The van der Waals surface area contributed by atoms with Crippen molar-refractivity contribution in [2.24, 2.45) is 5.92 Å². The molecular formula is C11H23N3O. The van der Waals surface area contributed by atoms with Gasteiger partial charge in [-0.3, -0.25) is 0 Å². The van der Waals surface area contributed by atoms with Gasteiger partial charge < -0.3 is 15.1 Å². The van der Waals surface area contributed by atoms with Gasteiger partial charge >= 0.3 is 6.03 Å². The molecule has 1 unspecified atom stereocenters. The van der Waals surface area contributed by atoms with Crippen molar-refractivity contribution < 1.29 is 4.79 Å². The zero-order valence-corrected chi connectivity index (χ0v) is 10.3. The number of carbonyl (C=O) groups excluding carboxylic acids is 1. The number of rotatable bonds is 3. The molecule has 88 valence electrons. The van der Waals surface area contributed by atoms with Gasteiger partial charge in [-0.15, -0.1) is 0 Å². The molecule has 0 aromatic rings. The summed E-state index contributed by atoms with van der Waals surface area (Å²) in [6, 6.07) is 0.637. The highest BCUT2D eigenvalue weighted by molar-refractivity contribution is 5.73. The van der Waals surface area contributed by atoms with Crippen molar-refractivity contribution in [1.82, 2.24) is 15.1 Å². The summed E-state index contributed by atoms with van der Waals surface area (Å²) < 4.78 is 0. The predicted octanol–water partition coefficient (Wildman–Crippen LogP) is 0.988. The Hall–Kier alpha value is -0.770. The van der Waals surface area contributed by atoms with Crippen LogP contribution < -0.4 is 5.32 Å². The van der Waals surface area contributed by atoms with Crippen LogP contribution in [0, 0.1) is 5.92 Å². The molecule has 1 N–H and O–H groups in total. The first-order valence-corrected chi connectivity index (χ1v) is 5.70. The van der Waals surface area contributed by atoms with E-state index in [2.05, 4.69) is 24.1 Å². The van der Waals surface area contributed by atoms with Crippen LogP contribution >= 0.6 is 0 Å². The van der Waals surface area contributed by atoms with Gasteiger partial charge in [0.25, 0.3) is 0 Å². The van der Waals surface area contributed by atoms with Crippen molar-refractivity contribution in [2.75, 3.05) is 33.7 Å². The van der Waals surface area contributed by atoms with Crippen LogP contribution in [-0.2, 0) is 0 Å². The lowest BCUT2D eigenvalue weighted by atomic mass is 10.1. The van der Waals surface area contributed by atoms with Crippen LogP contribution in [-0.4, -0.2) is 55.6 Å². The Bertz CT molecular complexity index is 216. The second kappa shape index (κ2) is 5.35. The zero-order chi connectivity index (χ0) is 11.4. The summed E-state index contributed by atoms with van der Waals surface area (Å²) in [4.78, 5) is 15.4. The quantitative estimate of drug-likeness (QED) is 0.759. The summed E-state index contributed by atoms with van der Waals surface area (Å²) in [7, 11) is 3.54. The second-order valence-corrected chi connectivity index (χ2v) is 4.82. The average Bonchev–Trinajstić information content (AvgIpc) is 2.62. The van der Waals surface area contributed by atoms with Gasteiger partial charge in [-0.2, -0.15) is 0 Å². The van der Waals surface area contributed by atoms with Gasteiger partial charge in [0.1, 0.15) is 0 Å². The summed E-state index contributed by atoms with van der Waals surface area (Å²) in [6.45, 7) is 7.54. The maximum atomic E-state index is 11.3. The lowest BCUT2D eigenvalue weighted by Crippen LogP contribution is -2.38. The molecule has 2 amide bonds. The third kappa shape index (κ3) is 3.70. The van der Waals surface area contributed by atoms with Crippen molar-refractivity contribution in [3.8, 4) is 0 Å². The van der Waals surface area contributed by atoms with E-state index in [0.717, 1.165) is 13.1 Å². The fourth-order valence-corrected chi connectivity index (χ4v) is 1.89. The van der Waals surface area contributed by atoms with Gasteiger partial charge in [0.05, 0.1) is 0 Å². The molecule has 1 atom stereocenters. The van der Waals surface area contributed by atoms with Crippen LogP contribution in [0.1, 0.15) is 20.3 Å². The van der Waals surface area contributed by atoms with Gasteiger partial charge in [0.15, 0.2) is 0 Å². The molecule has 0 aromatic heterocycles. The molecule has 0 spiro atoms. The SMILES string of the molecule is CC(C)N1CCC(CNC(=O)N(C)C)C1. The Labute approximate surface area is 92.6 Å². The first-order valence-electron chi connectivity index (χ1n) is 5.70. The standard InChI is InChI=1S/C11H23N3O/c1-9(2)14-6-5-10(8-14)7-12-11(15)13(3)4/h9-10H,5-8H2,1-4H3,(H,12,15). The van der Waals surface area contributed by atoms with Gasteiger partial charge in [0.2, 0.25) is 0 Å². The molecule has 1 aliphatic heterocycles. The molecule has 0 bridgehead atoms. The topological polar surface area (TPSA) is 35.6 Å². The van der Waals surface area contributed by atoms with Crippen LogP contribution in [0.5, 0.6) is 0 Å². The zero-order valence-electron chi connectivity index (χ0n) is 10.3. The highest BCUT2D eigenvalue weighted by Crippen LogP contribution is 2.17. The van der Waals surface area contributed by atoms with Crippen molar-refractivity contribution in [2.45, 2.75) is 26.3 Å². The normalized spacial score (nSPS) is 22.1. The van der Waals surface area contributed by atoms with Crippen molar-refractivity contribution >= 4 is 6.03 Å². The molecule has 15 heavy (non-hydrogen) atoms. The lowest BCUT2D eigenvalue weighted by molar-refractivity contribution is 0.214. The first kappa shape index (κ1) is 12.3. The molecular weight excluding hydrogens is 190 g/mol. The van der Waals surface area contributed by atoms with Gasteiger partial charge in [-0.1, -0.05) is 0 Å². The largest absolute Gasteiger partial charge is 0.338 e. The Kier molecular flexibility index (Phi) is 4.39. The molecule has 1 saturated heterocycles. The minimum absolute atomic E-state index is 0.0120. The Morgan fingerprint density at radius 3 is 2.67 bits per heavy atom. The summed E-state index contributed by atoms with van der Waals surface area (Å²) in [5, 5.41) is 2.94. The van der Waals surface area contributed by atoms with Gasteiger partial charge in [0, 0.05) is 33.2 Å². The number of likely N-dealkylation sites (tertiary alicyclic amines) is 1. The highest BCUT2D eigenvalue weighted by Gasteiger charge is 2.24. The molecule has 0 radical (unpaired) electrons. The Balaban J connectivity index is 2.22. The van der Waals surface area contributed by atoms with E-state index < -0.39 is 0 Å². The van der Waals surface area contributed by atoms with Gasteiger partial charge in [-0.25, -0.2) is 4.79 Å². The lowest BCUT2D eigenvalue weighted by Gasteiger charge is -2.20. The molecule has 1 fully saturated rings. The fourth-order valence-electron chi connectivity index (χ4n) is 1.89. The molecule has 4 nitrogen and oxygen atoms in total. The van der Waals surface area contributed by atoms with Crippen LogP contribution in [0.25, 0.3) is 0 Å². The predicted molar refractivity (Wildman–Crippen MR) is 61.9 cm³/mol. The van der Waals surface area contributed by atoms with E-state index >= 15 is 0 Å². The molecule has 1 rings (SSSR count). The van der Waals surface area contributed by atoms with Crippen LogP contribution in [0.15, 0.2) is 0 Å². The van der Waals surface area contributed by atoms with Gasteiger partial charge in [-0.05, 0) is 32.7 Å². The smallest absolute Gasteiger partial charge is 0.316 e. The molecule has 0 aliphatic carbocycles. The van der Waals surface area contributed by atoms with E-state index in [0.29, 0.717) is 12.0 Å². The molecule has 1 heterocycles. The van der Waals surface area contributed by atoms with Crippen molar-refractivity contribution in [3.63, 3.8) is 0 Å². The molecule has 1 aliphatic rings.